The minimum absolute atomic E-state index is 0.00583. The van der Waals surface area contributed by atoms with Crippen molar-refractivity contribution in [3.63, 3.8) is 0 Å². The summed E-state index contributed by atoms with van der Waals surface area (Å²) in [4.78, 5) is 33.8. The average molecular weight is 460 g/mol. The van der Waals surface area contributed by atoms with Crippen LogP contribution in [0.3, 0.4) is 0 Å². The highest BCUT2D eigenvalue weighted by Crippen LogP contribution is 2.32. The lowest BCUT2D eigenvalue weighted by Crippen LogP contribution is -2.43. The normalized spacial score (nSPS) is 13.5. The molecule has 5 aromatic rings. The molecule has 2 N–H and O–H groups in total. The Hall–Kier alpha value is -4.41. The van der Waals surface area contributed by atoms with E-state index in [0.717, 1.165) is 12.8 Å². The summed E-state index contributed by atoms with van der Waals surface area (Å²) in [6.07, 6.45) is 4.58. The Morgan fingerprint density at radius 3 is 2.71 bits per heavy atom. The van der Waals surface area contributed by atoms with Crippen LogP contribution in [0.5, 0.6) is 0 Å². The van der Waals surface area contributed by atoms with E-state index in [1.54, 1.807) is 23.2 Å². The van der Waals surface area contributed by atoms with Gasteiger partial charge in [0.25, 0.3) is 5.56 Å². The van der Waals surface area contributed by atoms with Crippen LogP contribution in [0.25, 0.3) is 22.1 Å². The highest BCUT2D eigenvalue weighted by Gasteiger charge is 2.33. The second-order valence-electron chi connectivity index (χ2n) is 8.01. The summed E-state index contributed by atoms with van der Waals surface area (Å²) in [5.41, 5.74) is 1.44. The van der Waals surface area contributed by atoms with Gasteiger partial charge in [0.05, 0.1) is 30.1 Å². The largest absolute Gasteiger partial charge is 0.361 e. The lowest BCUT2D eigenvalue weighted by molar-refractivity contribution is 0.601. The average Bonchev–Trinajstić information content (AvgIpc) is 3.55. The molecule has 0 bridgehead atoms. The molecule has 0 amide bonds. The summed E-state index contributed by atoms with van der Waals surface area (Å²) in [5.74, 6) is -0.190. The van der Waals surface area contributed by atoms with E-state index in [4.69, 9.17) is 0 Å². The lowest BCUT2D eigenvalue weighted by atomic mass is 10.2. The van der Waals surface area contributed by atoms with Gasteiger partial charge in [-0.2, -0.15) is 4.68 Å². The number of nitrogens with one attached hydrogen (secondary N) is 2. The van der Waals surface area contributed by atoms with Gasteiger partial charge in [-0.05, 0) is 49.2 Å². The molecule has 1 aliphatic rings. The third-order valence-electron chi connectivity index (χ3n) is 5.73. The van der Waals surface area contributed by atoms with E-state index in [0.29, 0.717) is 28.5 Å². The summed E-state index contributed by atoms with van der Waals surface area (Å²) >= 11 is 0. The molecule has 6 rings (SSSR count). The van der Waals surface area contributed by atoms with Crippen LogP contribution in [0, 0.1) is 11.6 Å². The van der Waals surface area contributed by atoms with E-state index in [2.05, 4.69) is 30.2 Å². The van der Waals surface area contributed by atoms with Gasteiger partial charge in [0, 0.05) is 0 Å². The molecule has 1 saturated carbocycles. The van der Waals surface area contributed by atoms with Crippen LogP contribution < -0.4 is 15.9 Å². The molecule has 1 fully saturated rings. The number of hydrogen-bond donors (Lipinski definition) is 2. The quantitative estimate of drug-likeness (QED) is 0.400. The Labute approximate surface area is 191 Å². The van der Waals surface area contributed by atoms with Gasteiger partial charge in [-0.3, -0.25) is 9.80 Å². The molecule has 0 aliphatic heterocycles. The van der Waals surface area contributed by atoms with Crippen molar-refractivity contribution < 1.29 is 8.78 Å². The Kier molecular flexibility index (Phi) is 4.68. The fourth-order valence-corrected chi connectivity index (χ4v) is 4.03. The first-order valence-corrected chi connectivity index (χ1v) is 10.7. The number of anilines is 2. The van der Waals surface area contributed by atoms with Gasteiger partial charge < -0.3 is 10.3 Å². The zero-order valence-electron chi connectivity index (χ0n) is 17.7. The number of aromatic nitrogens is 6. The molecule has 0 radical (unpaired) electrons. The van der Waals surface area contributed by atoms with Gasteiger partial charge in [-0.1, -0.05) is 6.07 Å². The molecule has 0 unspecified atom stereocenters. The summed E-state index contributed by atoms with van der Waals surface area (Å²) in [7, 11) is 0. The standard InChI is InChI=1S/C23H18F2N8O/c24-13-4-6-14(7-5-13)32(15-8-9-15)33-18(31-17-3-1-2-16(25)19(17)23(33)34)10-26-21-20-22(28-11-27-20)30-12-29-21/h1-7,11-12,15H,8-10H2,(H2,26,27,28,29,30). The smallest absolute Gasteiger partial charge is 0.283 e. The second-order valence-corrected chi connectivity index (χ2v) is 8.01. The third-order valence-corrected chi connectivity index (χ3v) is 5.73. The molecular formula is C23H18F2N8O. The molecule has 11 heteroatoms. The van der Waals surface area contributed by atoms with Crippen LogP contribution in [0.4, 0.5) is 20.3 Å². The predicted molar refractivity (Wildman–Crippen MR) is 122 cm³/mol. The van der Waals surface area contributed by atoms with Crippen LogP contribution in [0.1, 0.15) is 18.7 Å². The summed E-state index contributed by atoms with van der Waals surface area (Å²) < 4.78 is 29.7. The molecule has 0 atom stereocenters. The van der Waals surface area contributed by atoms with Crippen LogP contribution in [-0.2, 0) is 6.54 Å². The maximum absolute atomic E-state index is 14.7. The first kappa shape index (κ1) is 20.2. The van der Waals surface area contributed by atoms with Gasteiger partial charge in [-0.25, -0.2) is 28.7 Å². The molecule has 1 aliphatic carbocycles. The number of benzene rings is 2. The summed E-state index contributed by atoms with van der Waals surface area (Å²) in [6.45, 7) is 0.108. The highest BCUT2D eigenvalue weighted by atomic mass is 19.1. The Bertz CT molecular complexity index is 1580. The maximum atomic E-state index is 14.7. The van der Waals surface area contributed by atoms with Crippen molar-refractivity contribution in [1.82, 2.24) is 29.6 Å². The van der Waals surface area contributed by atoms with Crippen molar-refractivity contribution in [2.75, 3.05) is 10.3 Å². The van der Waals surface area contributed by atoms with E-state index < -0.39 is 11.4 Å². The number of nitrogens with zero attached hydrogens (tertiary/aromatic N) is 6. The molecule has 3 heterocycles. The molecular weight excluding hydrogens is 442 g/mol. The van der Waals surface area contributed by atoms with Crippen LogP contribution in [-0.4, -0.2) is 35.6 Å². The van der Waals surface area contributed by atoms with Crippen LogP contribution >= 0.6 is 0 Å². The number of H-pyrrole nitrogens is 1. The fourth-order valence-electron chi connectivity index (χ4n) is 4.03. The van der Waals surface area contributed by atoms with Gasteiger partial charge in [0.1, 0.15) is 28.9 Å². The van der Waals surface area contributed by atoms with E-state index in [1.807, 2.05) is 0 Å². The lowest BCUT2D eigenvalue weighted by Gasteiger charge is -2.29. The molecule has 170 valence electrons. The van der Waals surface area contributed by atoms with Crippen LogP contribution in [0.15, 0.2) is 59.9 Å². The van der Waals surface area contributed by atoms with Crippen molar-refractivity contribution in [2.24, 2.45) is 0 Å². The third kappa shape index (κ3) is 3.41. The van der Waals surface area contributed by atoms with Crippen molar-refractivity contribution >= 4 is 33.6 Å². The minimum atomic E-state index is -0.645. The zero-order valence-corrected chi connectivity index (χ0v) is 17.7. The maximum Gasteiger partial charge on any atom is 0.283 e. The Morgan fingerprint density at radius 2 is 1.91 bits per heavy atom. The monoisotopic (exact) mass is 460 g/mol. The number of imidazole rings is 1. The van der Waals surface area contributed by atoms with E-state index in [1.165, 1.54) is 41.6 Å². The highest BCUT2D eigenvalue weighted by molar-refractivity contribution is 5.82. The number of rotatable bonds is 6. The Balaban J connectivity index is 1.51. The first-order chi connectivity index (χ1) is 16.6. The number of aromatic amines is 1. The SMILES string of the molecule is O=c1c2c(F)cccc2nc(CNc2ncnc3nc[nH]c23)n1N(c1ccc(F)cc1)C1CC1. The Morgan fingerprint density at radius 1 is 1.09 bits per heavy atom. The number of hydrogen-bond acceptors (Lipinski definition) is 7. The van der Waals surface area contributed by atoms with Crippen molar-refractivity contribution in [1.29, 1.82) is 0 Å². The first-order valence-electron chi connectivity index (χ1n) is 10.7. The molecule has 3 aromatic heterocycles. The van der Waals surface area contributed by atoms with E-state index in [-0.39, 0.29) is 29.3 Å². The fraction of sp³-hybridized carbons (Fsp3) is 0.174. The summed E-state index contributed by atoms with van der Waals surface area (Å²) in [5, 5.41) is 4.85. The topological polar surface area (TPSA) is 105 Å². The zero-order chi connectivity index (χ0) is 23.2. The van der Waals surface area contributed by atoms with Crippen molar-refractivity contribution in [2.45, 2.75) is 25.4 Å². The van der Waals surface area contributed by atoms with Gasteiger partial charge in [0.15, 0.2) is 17.3 Å². The van der Waals surface area contributed by atoms with E-state index in [9.17, 15) is 13.6 Å². The van der Waals surface area contributed by atoms with E-state index >= 15 is 0 Å². The van der Waals surface area contributed by atoms with Gasteiger partial charge in [0.2, 0.25) is 0 Å². The van der Waals surface area contributed by atoms with Gasteiger partial charge in [-0.15, -0.1) is 0 Å². The predicted octanol–water partition coefficient (Wildman–Crippen LogP) is 3.39. The summed E-state index contributed by atoms with van der Waals surface area (Å²) in [6, 6.07) is 10.2. The van der Waals surface area contributed by atoms with Crippen molar-refractivity contribution in [3.05, 3.63) is 82.9 Å². The number of halogens is 2. The second kappa shape index (κ2) is 7.87. The molecule has 9 nitrogen and oxygen atoms in total. The van der Waals surface area contributed by atoms with Crippen molar-refractivity contribution in [3.8, 4) is 0 Å². The minimum Gasteiger partial charge on any atom is -0.361 e. The molecule has 0 spiro atoms. The molecule has 2 aromatic carbocycles. The van der Waals surface area contributed by atoms with Gasteiger partial charge >= 0.3 is 0 Å². The molecule has 34 heavy (non-hydrogen) atoms. The molecule has 0 saturated heterocycles. The van der Waals surface area contributed by atoms with Crippen LogP contribution in [0.2, 0.25) is 0 Å². The number of fused-ring (bicyclic) bond motifs is 2.